The van der Waals surface area contributed by atoms with Crippen LogP contribution in [-0.2, 0) is 0 Å². The summed E-state index contributed by atoms with van der Waals surface area (Å²) in [6.07, 6.45) is 4.56. The highest BCUT2D eigenvalue weighted by molar-refractivity contribution is 5.85. The van der Waals surface area contributed by atoms with E-state index < -0.39 is 5.95 Å². The fourth-order valence-electron chi connectivity index (χ4n) is 1.49. The summed E-state index contributed by atoms with van der Waals surface area (Å²) in [4.78, 5) is 3.53. The average molecular weight is 215 g/mol. The monoisotopic (exact) mass is 214 g/mol. The van der Waals surface area contributed by atoms with E-state index in [0.29, 0.717) is 0 Å². The Bertz CT molecular complexity index is 339. The molecule has 0 saturated heterocycles. The predicted molar refractivity (Wildman–Crippen MR) is 56.9 cm³/mol. The normalized spacial score (nSPS) is 15.6. The number of hydrogen-bond donors (Lipinski definition) is 1. The molecule has 1 aliphatic heterocycles. The number of nitrogens with zero attached hydrogens (tertiary/aromatic N) is 1. The van der Waals surface area contributed by atoms with Gasteiger partial charge in [0.1, 0.15) is 0 Å². The summed E-state index contributed by atoms with van der Waals surface area (Å²) in [6, 6.07) is 3.33. The van der Waals surface area contributed by atoms with Gasteiger partial charge in [-0.2, -0.15) is 4.39 Å². The van der Waals surface area contributed by atoms with Gasteiger partial charge in [-0.05, 0) is 30.2 Å². The molecular formula is C10H12ClFN2. The van der Waals surface area contributed by atoms with Gasteiger partial charge in [-0.25, -0.2) is 4.98 Å². The highest BCUT2D eigenvalue weighted by Crippen LogP contribution is 2.18. The largest absolute Gasteiger partial charge is 0.313 e. The molecule has 4 heteroatoms. The Labute approximate surface area is 88.6 Å². The third-order valence-corrected chi connectivity index (χ3v) is 2.16. The molecule has 0 radical (unpaired) electrons. The second-order valence-electron chi connectivity index (χ2n) is 3.05. The first-order valence-electron chi connectivity index (χ1n) is 4.38. The molecule has 1 N–H and O–H groups in total. The summed E-state index contributed by atoms with van der Waals surface area (Å²) >= 11 is 0. The second-order valence-corrected chi connectivity index (χ2v) is 3.05. The summed E-state index contributed by atoms with van der Waals surface area (Å²) < 4.78 is 12.8. The highest BCUT2D eigenvalue weighted by atomic mass is 35.5. The van der Waals surface area contributed by atoms with Crippen molar-refractivity contribution in [2.75, 3.05) is 13.1 Å². The Hall–Kier alpha value is -0.930. The van der Waals surface area contributed by atoms with Gasteiger partial charge in [0, 0.05) is 18.8 Å². The summed E-state index contributed by atoms with van der Waals surface area (Å²) in [5, 5.41) is 3.21. The van der Waals surface area contributed by atoms with E-state index in [1.54, 1.807) is 0 Å². The van der Waals surface area contributed by atoms with Crippen molar-refractivity contribution < 1.29 is 4.39 Å². The minimum Gasteiger partial charge on any atom is -0.313 e. The molecule has 0 atom stereocenters. The van der Waals surface area contributed by atoms with Crippen molar-refractivity contribution in [2.45, 2.75) is 6.42 Å². The summed E-state index contributed by atoms with van der Waals surface area (Å²) in [5.41, 5.74) is 2.16. The SMILES string of the molecule is Cl.Fc1cc(C2=CCNCC2)ccn1. The Kier molecular flexibility index (Phi) is 4.04. The van der Waals surface area contributed by atoms with Crippen LogP contribution < -0.4 is 5.32 Å². The lowest BCUT2D eigenvalue weighted by Crippen LogP contribution is -2.20. The Morgan fingerprint density at radius 3 is 2.93 bits per heavy atom. The van der Waals surface area contributed by atoms with Gasteiger partial charge in [-0.15, -0.1) is 12.4 Å². The lowest BCUT2D eigenvalue weighted by molar-refractivity contribution is 0.583. The van der Waals surface area contributed by atoms with Gasteiger partial charge in [-0.3, -0.25) is 0 Å². The topological polar surface area (TPSA) is 24.9 Å². The van der Waals surface area contributed by atoms with Crippen LogP contribution in [0, 0.1) is 5.95 Å². The van der Waals surface area contributed by atoms with Crippen molar-refractivity contribution in [3.8, 4) is 0 Å². The van der Waals surface area contributed by atoms with Gasteiger partial charge < -0.3 is 5.32 Å². The molecule has 0 saturated carbocycles. The molecular weight excluding hydrogens is 203 g/mol. The van der Waals surface area contributed by atoms with E-state index in [2.05, 4.69) is 16.4 Å². The lowest BCUT2D eigenvalue weighted by atomic mass is 10.0. The molecule has 2 rings (SSSR count). The van der Waals surface area contributed by atoms with E-state index >= 15 is 0 Å². The van der Waals surface area contributed by atoms with Crippen molar-refractivity contribution in [3.63, 3.8) is 0 Å². The van der Waals surface area contributed by atoms with E-state index in [4.69, 9.17) is 0 Å². The number of nitrogens with one attached hydrogen (secondary N) is 1. The zero-order chi connectivity index (χ0) is 9.10. The minimum atomic E-state index is -0.406. The summed E-state index contributed by atoms with van der Waals surface area (Å²) in [7, 11) is 0. The van der Waals surface area contributed by atoms with E-state index in [-0.39, 0.29) is 12.4 Å². The van der Waals surface area contributed by atoms with Crippen LogP contribution in [0.4, 0.5) is 4.39 Å². The first-order valence-corrected chi connectivity index (χ1v) is 4.38. The molecule has 1 aliphatic rings. The van der Waals surface area contributed by atoms with Crippen LogP contribution in [-0.4, -0.2) is 18.1 Å². The summed E-state index contributed by atoms with van der Waals surface area (Å²) in [6.45, 7) is 1.84. The fraction of sp³-hybridized carbons (Fsp3) is 0.300. The van der Waals surface area contributed by atoms with Gasteiger partial charge in [0.25, 0.3) is 0 Å². The molecule has 0 amide bonds. The van der Waals surface area contributed by atoms with Gasteiger partial charge in [0.05, 0.1) is 0 Å². The van der Waals surface area contributed by atoms with Crippen LogP contribution in [0.2, 0.25) is 0 Å². The van der Waals surface area contributed by atoms with E-state index in [1.807, 2.05) is 6.07 Å². The van der Waals surface area contributed by atoms with Crippen LogP contribution in [0.5, 0.6) is 0 Å². The number of pyridine rings is 1. The van der Waals surface area contributed by atoms with Crippen molar-refractivity contribution in [1.29, 1.82) is 0 Å². The van der Waals surface area contributed by atoms with E-state index in [1.165, 1.54) is 17.8 Å². The van der Waals surface area contributed by atoms with Gasteiger partial charge in [-0.1, -0.05) is 6.08 Å². The zero-order valence-corrected chi connectivity index (χ0v) is 8.48. The van der Waals surface area contributed by atoms with Crippen molar-refractivity contribution in [3.05, 3.63) is 35.9 Å². The van der Waals surface area contributed by atoms with E-state index in [9.17, 15) is 4.39 Å². The molecule has 2 nitrogen and oxygen atoms in total. The molecule has 76 valence electrons. The molecule has 0 bridgehead atoms. The van der Waals surface area contributed by atoms with Crippen molar-refractivity contribution in [2.24, 2.45) is 0 Å². The van der Waals surface area contributed by atoms with Crippen LogP contribution in [0.3, 0.4) is 0 Å². The average Bonchev–Trinajstić information content (AvgIpc) is 2.19. The third kappa shape index (κ3) is 2.53. The van der Waals surface area contributed by atoms with E-state index in [0.717, 1.165) is 25.1 Å². The zero-order valence-electron chi connectivity index (χ0n) is 7.66. The van der Waals surface area contributed by atoms with Gasteiger partial charge in [0.2, 0.25) is 5.95 Å². The Balaban J connectivity index is 0.000000980. The summed E-state index contributed by atoms with van der Waals surface area (Å²) in [5.74, 6) is -0.406. The highest BCUT2D eigenvalue weighted by Gasteiger charge is 2.05. The maximum absolute atomic E-state index is 12.8. The fourth-order valence-corrected chi connectivity index (χ4v) is 1.49. The van der Waals surface area contributed by atoms with Crippen LogP contribution >= 0.6 is 12.4 Å². The first kappa shape index (κ1) is 11.1. The third-order valence-electron chi connectivity index (χ3n) is 2.16. The standard InChI is InChI=1S/C10H11FN2.ClH/c11-10-7-9(3-6-13-10)8-1-4-12-5-2-8;/h1,3,6-7,12H,2,4-5H2;1H. The molecule has 0 fully saturated rings. The molecule has 2 heterocycles. The van der Waals surface area contributed by atoms with Crippen LogP contribution in [0.1, 0.15) is 12.0 Å². The van der Waals surface area contributed by atoms with Crippen LogP contribution in [0.15, 0.2) is 24.4 Å². The predicted octanol–water partition coefficient (Wildman–Crippen LogP) is 2.02. The lowest BCUT2D eigenvalue weighted by Gasteiger charge is -2.13. The molecule has 0 spiro atoms. The van der Waals surface area contributed by atoms with Crippen molar-refractivity contribution in [1.82, 2.24) is 10.3 Å². The van der Waals surface area contributed by atoms with Gasteiger partial charge in [0.15, 0.2) is 0 Å². The Morgan fingerprint density at radius 2 is 2.29 bits per heavy atom. The molecule has 0 aromatic carbocycles. The first-order chi connectivity index (χ1) is 6.36. The van der Waals surface area contributed by atoms with Crippen molar-refractivity contribution >= 4 is 18.0 Å². The second kappa shape index (κ2) is 5.08. The maximum atomic E-state index is 12.8. The number of rotatable bonds is 1. The smallest absolute Gasteiger partial charge is 0.213 e. The molecule has 0 unspecified atom stereocenters. The molecule has 1 aromatic heterocycles. The molecule has 0 aliphatic carbocycles. The Morgan fingerprint density at radius 1 is 1.43 bits per heavy atom. The van der Waals surface area contributed by atoms with Gasteiger partial charge >= 0.3 is 0 Å². The quantitative estimate of drug-likeness (QED) is 0.724. The minimum absolute atomic E-state index is 0. The number of halogens is 2. The maximum Gasteiger partial charge on any atom is 0.213 e. The molecule has 1 aromatic rings. The molecule has 14 heavy (non-hydrogen) atoms. The number of hydrogen-bond acceptors (Lipinski definition) is 2. The number of aromatic nitrogens is 1. The van der Waals surface area contributed by atoms with Crippen LogP contribution in [0.25, 0.3) is 5.57 Å².